The molecule has 0 aliphatic heterocycles. The summed E-state index contributed by atoms with van der Waals surface area (Å²) in [7, 11) is 0. The van der Waals surface area contributed by atoms with Crippen molar-refractivity contribution in [3.63, 3.8) is 0 Å². The van der Waals surface area contributed by atoms with E-state index in [1.807, 2.05) is 12.1 Å². The number of nitrogens with one attached hydrogen (secondary N) is 2. The molecule has 1 saturated carbocycles. The number of aliphatic imine (C=N–C) groups is 1. The first-order valence-corrected chi connectivity index (χ1v) is 10.3. The van der Waals surface area contributed by atoms with Crippen molar-refractivity contribution in [1.29, 1.82) is 0 Å². The Morgan fingerprint density at radius 3 is 2.92 bits per heavy atom. The normalized spacial score (nSPS) is 15.8. The van der Waals surface area contributed by atoms with Crippen LogP contribution in [0.4, 0.5) is 0 Å². The molecule has 1 aliphatic rings. The summed E-state index contributed by atoms with van der Waals surface area (Å²) in [6.45, 7) is 6.17. The number of hydrogen-bond acceptors (Lipinski definition) is 4. The lowest BCUT2D eigenvalue weighted by molar-refractivity contribution is 0.128. The predicted molar refractivity (Wildman–Crippen MR) is 107 cm³/mol. The van der Waals surface area contributed by atoms with E-state index >= 15 is 0 Å². The summed E-state index contributed by atoms with van der Waals surface area (Å²) in [4.78, 5) is 6.03. The van der Waals surface area contributed by atoms with E-state index in [0.29, 0.717) is 12.0 Å². The number of nitrogens with zero attached hydrogens (tertiary/aromatic N) is 1. The smallest absolute Gasteiger partial charge is 0.191 e. The molecule has 26 heavy (non-hydrogen) atoms. The van der Waals surface area contributed by atoms with Crippen LogP contribution in [0.25, 0.3) is 0 Å². The molecule has 0 unspecified atom stereocenters. The minimum absolute atomic E-state index is 0.390. The van der Waals surface area contributed by atoms with Crippen LogP contribution in [0.3, 0.4) is 0 Å². The van der Waals surface area contributed by atoms with Crippen molar-refractivity contribution in [1.82, 2.24) is 10.6 Å². The lowest BCUT2D eigenvalue weighted by atomic mass is 10.0. The molecule has 142 valence electrons. The fourth-order valence-electron chi connectivity index (χ4n) is 2.89. The quantitative estimate of drug-likeness (QED) is 0.356. The Hall–Kier alpha value is -1.79. The summed E-state index contributed by atoms with van der Waals surface area (Å²) in [6.07, 6.45) is 6.24. The number of hydrogen-bond donors (Lipinski definition) is 2. The fourth-order valence-corrected chi connectivity index (χ4v) is 3.52. The number of thiophene rings is 1. The Bertz CT molecular complexity index is 649. The third-order valence-corrected chi connectivity index (χ3v) is 5.65. The standard InChI is InChI=1S/C20H29N3O2S/c1-2-24-13-10-20(8-9-20)16-23-19(22-15-18-6-4-14-26-18)21-11-7-17-5-3-12-25-17/h3-6,12,14H,2,7-11,13,15-16H2,1H3,(H2,21,22,23). The highest BCUT2D eigenvalue weighted by Gasteiger charge is 2.41. The van der Waals surface area contributed by atoms with E-state index in [1.54, 1.807) is 17.6 Å². The van der Waals surface area contributed by atoms with Crippen LogP contribution in [0, 0.1) is 5.41 Å². The highest BCUT2D eigenvalue weighted by Crippen LogP contribution is 2.48. The first-order chi connectivity index (χ1) is 12.8. The Kier molecular flexibility index (Phi) is 7.14. The van der Waals surface area contributed by atoms with Gasteiger partial charge in [-0.3, -0.25) is 0 Å². The highest BCUT2D eigenvalue weighted by atomic mass is 32.1. The van der Waals surface area contributed by atoms with Gasteiger partial charge in [0.25, 0.3) is 0 Å². The minimum atomic E-state index is 0.390. The van der Waals surface area contributed by atoms with Gasteiger partial charge in [-0.25, -0.2) is 4.99 Å². The molecule has 1 aliphatic carbocycles. The van der Waals surface area contributed by atoms with E-state index < -0.39 is 0 Å². The summed E-state index contributed by atoms with van der Waals surface area (Å²) in [5.41, 5.74) is 0.390. The number of furan rings is 1. The number of guanidine groups is 1. The molecule has 2 aromatic rings. The second-order valence-electron chi connectivity index (χ2n) is 6.80. The van der Waals surface area contributed by atoms with Crippen molar-refractivity contribution in [3.8, 4) is 0 Å². The van der Waals surface area contributed by atoms with Gasteiger partial charge in [0.2, 0.25) is 0 Å². The summed E-state index contributed by atoms with van der Waals surface area (Å²) < 4.78 is 10.9. The van der Waals surface area contributed by atoms with E-state index in [9.17, 15) is 0 Å². The van der Waals surface area contributed by atoms with E-state index in [-0.39, 0.29) is 0 Å². The predicted octanol–water partition coefficient (Wildman–Crippen LogP) is 3.83. The molecule has 0 bridgehead atoms. The molecular formula is C20H29N3O2S. The lowest BCUT2D eigenvalue weighted by Gasteiger charge is -2.18. The van der Waals surface area contributed by atoms with Crippen molar-refractivity contribution in [2.24, 2.45) is 10.4 Å². The second kappa shape index (κ2) is 9.78. The van der Waals surface area contributed by atoms with Gasteiger partial charge in [0.15, 0.2) is 5.96 Å². The average Bonchev–Trinajstić information content (AvgIpc) is 3.06. The molecule has 0 radical (unpaired) electrons. The highest BCUT2D eigenvalue weighted by molar-refractivity contribution is 7.09. The van der Waals surface area contributed by atoms with Gasteiger partial charge in [-0.1, -0.05) is 6.07 Å². The van der Waals surface area contributed by atoms with Crippen LogP contribution in [0.15, 0.2) is 45.3 Å². The van der Waals surface area contributed by atoms with Crippen LogP contribution >= 0.6 is 11.3 Å². The van der Waals surface area contributed by atoms with E-state index in [0.717, 1.165) is 50.9 Å². The van der Waals surface area contributed by atoms with Crippen LogP contribution in [0.1, 0.15) is 36.8 Å². The largest absolute Gasteiger partial charge is 0.469 e. The third kappa shape index (κ3) is 6.18. The molecule has 0 aromatic carbocycles. The lowest BCUT2D eigenvalue weighted by Crippen LogP contribution is -2.41. The zero-order valence-electron chi connectivity index (χ0n) is 15.5. The molecule has 6 heteroatoms. The molecule has 0 atom stereocenters. The molecule has 0 saturated heterocycles. The van der Waals surface area contributed by atoms with Gasteiger partial charge >= 0.3 is 0 Å². The SMILES string of the molecule is CCOCCC1(CNC(=NCc2cccs2)NCCc2ccco2)CC1. The van der Waals surface area contributed by atoms with Gasteiger partial charge in [0.05, 0.1) is 12.8 Å². The van der Waals surface area contributed by atoms with Crippen LogP contribution in [-0.2, 0) is 17.7 Å². The second-order valence-corrected chi connectivity index (χ2v) is 7.83. The van der Waals surface area contributed by atoms with E-state index in [2.05, 4.69) is 35.1 Å². The van der Waals surface area contributed by atoms with Gasteiger partial charge in [-0.05, 0) is 55.2 Å². The van der Waals surface area contributed by atoms with Crippen LogP contribution in [0.5, 0.6) is 0 Å². The van der Waals surface area contributed by atoms with Gasteiger partial charge in [0, 0.05) is 37.6 Å². The Morgan fingerprint density at radius 2 is 2.23 bits per heavy atom. The Labute approximate surface area is 159 Å². The van der Waals surface area contributed by atoms with Gasteiger partial charge in [-0.2, -0.15) is 0 Å². The van der Waals surface area contributed by atoms with E-state index in [4.69, 9.17) is 14.1 Å². The number of ether oxygens (including phenoxy) is 1. The van der Waals surface area contributed by atoms with Crippen molar-refractivity contribution in [2.75, 3.05) is 26.3 Å². The van der Waals surface area contributed by atoms with Gasteiger partial charge < -0.3 is 19.8 Å². The maximum atomic E-state index is 5.54. The van der Waals surface area contributed by atoms with Crippen molar-refractivity contribution in [3.05, 3.63) is 46.5 Å². The molecule has 1 fully saturated rings. The summed E-state index contributed by atoms with van der Waals surface area (Å²) in [5.74, 6) is 1.87. The van der Waals surface area contributed by atoms with E-state index in [1.165, 1.54) is 17.7 Å². The van der Waals surface area contributed by atoms with Crippen LogP contribution in [-0.4, -0.2) is 32.3 Å². The maximum absolute atomic E-state index is 5.54. The van der Waals surface area contributed by atoms with Gasteiger partial charge in [0.1, 0.15) is 5.76 Å². The zero-order chi connectivity index (χ0) is 18.1. The third-order valence-electron chi connectivity index (χ3n) is 4.79. The Morgan fingerprint density at radius 1 is 1.31 bits per heavy atom. The monoisotopic (exact) mass is 375 g/mol. The molecular weight excluding hydrogens is 346 g/mol. The van der Waals surface area contributed by atoms with Crippen LogP contribution in [0.2, 0.25) is 0 Å². The van der Waals surface area contributed by atoms with Crippen molar-refractivity contribution in [2.45, 2.75) is 39.2 Å². The first-order valence-electron chi connectivity index (χ1n) is 9.44. The van der Waals surface area contributed by atoms with Crippen LogP contribution < -0.4 is 10.6 Å². The number of rotatable bonds is 11. The zero-order valence-corrected chi connectivity index (χ0v) is 16.3. The summed E-state index contributed by atoms with van der Waals surface area (Å²) in [6, 6.07) is 8.12. The molecule has 0 spiro atoms. The first kappa shape index (κ1) is 19.0. The van der Waals surface area contributed by atoms with Crippen molar-refractivity contribution >= 4 is 17.3 Å². The van der Waals surface area contributed by atoms with Gasteiger partial charge in [-0.15, -0.1) is 11.3 Å². The average molecular weight is 376 g/mol. The Balaban J connectivity index is 1.49. The molecule has 5 nitrogen and oxygen atoms in total. The molecule has 3 rings (SSSR count). The molecule has 2 heterocycles. The summed E-state index contributed by atoms with van der Waals surface area (Å²) >= 11 is 1.74. The molecule has 0 amide bonds. The van der Waals surface area contributed by atoms with Crippen molar-refractivity contribution < 1.29 is 9.15 Å². The fraction of sp³-hybridized carbons (Fsp3) is 0.550. The molecule has 2 N–H and O–H groups in total. The topological polar surface area (TPSA) is 58.8 Å². The minimum Gasteiger partial charge on any atom is -0.469 e. The maximum Gasteiger partial charge on any atom is 0.191 e. The summed E-state index contributed by atoms with van der Waals surface area (Å²) in [5, 5.41) is 9.08. The molecule has 2 aromatic heterocycles.